The Balaban J connectivity index is 1.35. The Bertz CT molecular complexity index is 1030. The molecule has 0 bridgehead atoms. The largest absolute Gasteiger partial charge is 0.361 e. The summed E-state index contributed by atoms with van der Waals surface area (Å²) in [5.74, 6) is 1.74. The van der Waals surface area contributed by atoms with Crippen LogP contribution in [0.15, 0.2) is 24.7 Å². The number of rotatable bonds is 5. The number of fused-ring (bicyclic) bond motifs is 1. The molecule has 160 valence electrons. The van der Waals surface area contributed by atoms with E-state index in [1.165, 1.54) is 0 Å². The summed E-state index contributed by atoms with van der Waals surface area (Å²) in [6.45, 7) is 8.25. The Morgan fingerprint density at radius 2 is 2.17 bits per heavy atom. The fraction of sp³-hybridized carbons (Fsp3) is 0.524. The molecular weight excluding hydrogens is 380 g/mol. The lowest BCUT2D eigenvalue weighted by Gasteiger charge is -2.34. The van der Waals surface area contributed by atoms with Crippen LogP contribution in [-0.2, 0) is 17.3 Å². The zero-order valence-electron chi connectivity index (χ0n) is 18.1. The van der Waals surface area contributed by atoms with Crippen LogP contribution in [0.25, 0.3) is 11.0 Å². The van der Waals surface area contributed by atoms with Crippen molar-refractivity contribution >= 4 is 28.6 Å². The van der Waals surface area contributed by atoms with E-state index in [0.717, 1.165) is 54.3 Å². The quantitative estimate of drug-likeness (QED) is 0.596. The van der Waals surface area contributed by atoms with Crippen LogP contribution in [0.5, 0.6) is 0 Å². The van der Waals surface area contributed by atoms with Gasteiger partial charge in [0.1, 0.15) is 23.6 Å². The normalized spacial score (nSPS) is 17.3. The van der Waals surface area contributed by atoms with E-state index >= 15 is 0 Å². The first-order valence-corrected chi connectivity index (χ1v) is 10.4. The summed E-state index contributed by atoms with van der Waals surface area (Å²) in [6, 6.07) is 4.09. The summed E-state index contributed by atoms with van der Waals surface area (Å²) in [5.41, 5.74) is 1.80. The maximum absolute atomic E-state index is 12.6. The minimum atomic E-state index is -0.0304. The number of H-pyrrole nitrogens is 1. The molecule has 1 atom stereocenters. The van der Waals surface area contributed by atoms with Gasteiger partial charge in [-0.15, -0.1) is 0 Å². The number of carbonyl (C=O) groups excluding carboxylic acids is 1. The number of aryl methyl sites for hydroxylation is 1. The van der Waals surface area contributed by atoms with Crippen molar-refractivity contribution in [3.05, 3.63) is 30.4 Å². The van der Waals surface area contributed by atoms with Crippen molar-refractivity contribution in [3.63, 3.8) is 0 Å². The van der Waals surface area contributed by atoms with E-state index in [1.807, 2.05) is 25.4 Å². The Kier molecular flexibility index (Phi) is 5.36. The van der Waals surface area contributed by atoms with Crippen molar-refractivity contribution in [2.24, 2.45) is 7.05 Å². The molecule has 4 rings (SSSR count). The molecule has 0 unspecified atom stereocenters. The topological polar surface area (TPSA) is 104 Å². The van der Waals surface area contributed by atoms with Crippen LogP contribution >= 0.6 is 0 Å². The van der Waals surface area contributed by atoms with E-state index in [9.17, 15) is 4.79 Å². The van der Waals surface area contributed by atoms with Gasteiger partial charge in [-0.3, -0.25) is 9.48 Å². The smallest absolute Gasteiger partial charge is 0.239 e. The first-order valence-electron chi connectivity index (χ1n) is 10.4. The van der Waals surface area contributed by atoms with Crippen molar-refractivity contribution in [2.75, 3.05) is 29.9 Å². The number of hydrogen-bond donors (Lipinski definition) is 3. The molecule has 9 nitrogen and oxygen atoms in total. The van der Waals surface area contributed by atoms with Gasteiger partial charge >= 0.3 is 0 Å². The minimum Gasteiger partial charge on any atom is -0.361 e. The molecule has 3 aromatic rings. The van der Waals surface area contributed by atoms with Gasteiger partial charge in [0.15, 0.2) is 0 Å². The monoisotopic (exact) mass is 410 g/mol. The van der Waals surface area contributed by atoms with Crippen LogP contribution in [0.4, 0.5) is 11.6 Å². The lowest BCUT2D eigenvalue weighted by molar-refractivity contribution is -0.120. The fourth-order valence-electron chi connectivity index (χ4n) is 3.85. The van der Waals surface area contributed by atoms with Crippen LogP contribution in [0, 0.1) is 0 Å². The average Bonchev–Trinajstić information content (AvgIpc) is 3.32. The number of piperidine rings is 1. The molecule has 0 saturated carbocycles. The molecule has 3 aromatic heterocycles. The molecule has 9 heteroatoms. The standard InChI is InChI=1S/C21H30N8O/c1-21(2,3)16-10-17(28(4)27-16)23-11-18(30)26-14-6-5-9-29(12-14)20-15-7-8-22-19(15)24-13-25-20/h7-8,10,13-14,23H,5-6,9,11-12H2,1-4H3,(H,26,30)(H,22,24,25)/t14-/m0/s1. The van der Waals surface area contributed by atoms with Crippen LogP contribution in [0.2, 0.25) is 0 Å². The van der Waals surface area contributed by atoms with Gasteiger partial charge in [0.2, 0.25) is 5.91 Å². The van der Waals surface area contributed by atoms with Crippen LogP contribution in [0.1, 0.15) is 39.3 Å². The SMILES string of the molecule is Cn1nc(C(C)(C)C)cc1NCC(=O)N[C@H]1CCCN(c2ncnc3[nH]ccc23)C1. The summed E-state index contributed by atoms with van der Waals surface area (Å²) in [4.78, 5) is 26.7. The van der Waals surface area contributed by atoms with Gasteiger partial charge in [-0.2, -0.15) is 5.10 Å². The molecule has 1 aliphatic rings. The Hall–Kier alpha value is -3.10. The van der Waals surface area contributed by atoms with E-state index in [4.69, 9.17) is 0 Å². The predicted molar refractivity (Wildman–Crippen MR) is 118 cm³/mol. The van der Waals surface area contributed by atoms with E-state index in [-0.39, 0.29) is 23.9 Å². The molecule has 30 heavy (non-hydrogen) atoms. The molecule has 0 aliphatic carbocycles. The van der Waals surface area contributed by atoms with Gasteiger partial charge in [0.05, 0.1) is 17.6 Å². The summed E-state index contributed by atoms with van der Waals surface area (Å²) < 4.78 is 1.79. The number of aromatic nitrogens is 5. The number of anilines is 2. The molecule has 1 saturated heterocycles. The number of nitrogens with zero attached hydrogens (tertiary/aromatic N) is 5. The van der Waals surface area contributed by atoms with E-state index in [1.54, 1.807) is 11.0 Å². The Morgan fingerprint density at radius 1 is 1.33 bits per heavy atom. The molecule has 1 amide bonds. The zero-order chi connectivity index (χ0) is 21.3. The Labute approximate surface area is 176 Å². The van der Waals surface area contributed by atoms with Crippen molar-refractivity contribution < 1.29 is 4.79 Å². The van der Waals surface area contributed by atoms with Crippen molar-refractivity contribution in [1.29, 1.82) is 0 Å². The number of amides is 1. The van der Waals surface area contributed by atoms with Crippen LogP contribution in [0.3, 0.4) is 0 Å². The molecule has 4 heterocycles. The highest BCUT2D eigenvalue weighted by Crippen LogP contribution is 2.25. The number of hydrogen-bond acceptors (Lipinski definition) is 6. The molecule has 0 aromatic carbocycles. The molecule has 1 aliphatic heterocycles. The first kappa shape index (κ1) is 20.2. The number of carbonyl (C=O) groups is 1. The predicted octanol–water partition coefficient (Wildman–Crippen LogP) is 2.19. The van der Waals surface area contributed by atoms with Gasteiger partial charge in [0, 0.05) is 43.9 Å². The molecular formula is C21H30N8O. The highest BCUT2D eigenvalue weighted by molar-refractivity contribution is 5.87. The van der Waals surface area contributed by atoms with Crippen molar-refractivity contribution in [1.82, 2.24) is 30.0 Å². The molecule has 0 radical (unpaired) electrons. The second-order valence-electron chi connectivity index (χ2n) is 8.93. The van der Waals surface area contributed by atoms with Crippen LogP contribution < -0.4 is 15.5 Å². The second kappa shape index (κ2) is 7.97. The lowest BCUT2D eigenvalue weighted by Crippen LogP contribution is -2.49. The third-order valence-electron chi connectivity index (χ3n) is 5.50. The Morgan fingerprint density at radius 3 is 2.93 bits per heavy atom. The third-order valence-corrected chi connectivity index (χ3v) is 5.50. The summed E-state index contributed by atoms with van der Waals surface area (Å²) in [6.07, 6.45) is 5.43. The minimum absolute atomic E-state index is 0.0187. The van der Waals surface area contributed by atoms with E-state index in [0.29, 0.717) is 0 Å². The van der Waals surface area contributed by atoms with E-state index in [2.05, 4.69) is 56.4 Å². The van der Waals surface area contributed by atoms with Gasteiger partial charge in [-0.25, -0.2) is 9.97 Å². The van der Waals surface area contributed by atoms with Crippen LogP contribution in [-0.4, -0.2) is 56.3 Å². The molecule has 3 N–H and O–H groups in total. The first-order chi connectivity index (χ1) is 14.3. The third kappa shape index (κ3) is 4.24. The zero-order valence-corrected chi connectivity index (χ0v) is 18.1. The van der Waals surface area contributed by atoms with Gasteiger partial charge in [-0.05, 0) is 18.9 Å². The number of aromatic amines is 1. The van der Waals surface area contributed by atoms with Gasteiger partial charge < -0.3 is 20.5 Å². The maximum atomic E-state index is 12.6. The average molecular weight is 411 g/mol. The van der Waals surface area contributed by atoms with Crippen molar-refractivity contribution in [2.45, 2.75) is 45.1 Å². The molecule has 0 spiro atoms. The number of nitrogens with one attached hydrogen (secondary N) is 3. The summed E-state index contributed by atoms with van der Waals surface area (Å²) >= 11 is 0. The highest BCUT2D eigenvalue weighted by atomic mass is 16.2. The summed E-state index contributed by atoms with van der Waals surface area (Å²) in [5, 5.41) is 11.9. The molecule has 1 fully saturated rings. The van der Waals surface area contributed by atoms with Gasteiger partial charge in [-0.1, -0.05) is 20.8 Å². The second-order valence-corrected chi connectivity index (χ2v) is 8.93. The van der Waals surface area contributed by atoms with Gasteiger partial charge in [0.25, 0.3) is 0 Å². The van der Waals surface area contributed by atoms with E-state index < -0.39 is 0 Å². The maximum Gasteiger partial charge on any atom is 0.239 e. The summed E-state index contributed by atoms with van der Waals surface area (Å²) in [7, 11) is 1.89. The highest BCUT2D eigenvalue weighted by Gasteiger charge is 2.24. The fourth-order valence-corrected chi connectivity index (χ4v) is 3.85. The lowest BCUT2D eigenvalue weighted by atomic mass is 9.92. The van der Waals surface area contributed by atoms with Crippen molar-refractivity contribution in [3.8, 4) is 0 Å².